The lowest BCUT2D eigenvalue weighted by molar-refractivity contribution is -0.140. The first kappa shape index (κ1) is 15.2. The molecule has 2 unspecified atom stereocenters. The van der Waals surface area contributed by atoms with Gasteiger partial charge in [0.25, 0.3) is 0 Å². The second kappa shape index (κ2) is 6.09. The summed E-state index contributed by atoms with van der Waals surface area (Å²) >= 11 is 0. The van der Waals surface area contributed by atoms with Gasteiger partial charge in [0.1, 0.15) is 0 Å². The third-order valence-electron chi connectivity index (χ3n) is 3.97. The van der Waals surface area contributed by atoms with Gasteiger partial charge < -0.3 is 10.1 Å². The maximum absolute atomic E-state index is 12.2. The van der Waals surface area contributed by atoms with Crippen molar-refractivity contribution in [3.63, 3.8) is 0 Å². The number of ether oxygens (including phenoxy) is 1. The van der Waals surface area contributed by atoms with Gasteiger partial charge in [-0.1, -0.05) is 0 Å². The monoisotopic (exact) mass is 304 g/mol. The zero-order valence-electron chi connectivity index (χ0n) is 11.5. The highest BCUT2D eigenvalue weighted by Crippen LogP contribution is 2.27. The van der Waals surface area contributed by atoms with Gasteiger partial charge in [-0.25, -0.2) is 12.7 Å². The smallest absolute Gasteiger partial charge is 0.306 e. The van der Waals surface area contributed by atoms with E-state index in [9.17, 15) is 18.0 Å². The number of rotatable bonds is 4. The molecule has 1 amide bonds. The Morgan fingerprint density at radius 2 is 2.20 bits per heavy atom. The highest BCUT2D eigenvalue weighted by molar-refractivity contribution is 7.89. The van der Waals surface area contributed by atoms with Crippen LogP contribution in [0, 0.1) is 5.92 Å². The molecule has 8 heteroatoms. The standard InChI is InChI=1S/C12H20N2O5S/c1-19-12(16)5-7-20(17,18)14-6-4-10-9(8-14)2-3-11(15)13-10/h9-10H,2-8H2,1H3,(H,13,15). The average Bonchev–Trinajstić information content (AvgIpc) is 2.44. The molecular formula is C12H20N2O5S. The predicted molar refractivity (Wildman–Crippen MR) is 71.3 cm³/mol. The molecule has 20 heavy (non-hydrogen) atoms. The number of carbonyl (C=O) groups is 2. The van der Waals surface area contributed by atoms with Crippen molar-refractivity contribution < 1.29 is 22.7 Å². The quantitative estimate of drug-likeness (QED) is 0.706. The molecule has 2 saturated heterocycles. The number of carbonyl (C=O) groups excluding carboxylic acids is 2. The Balaban J connectivity index is 1.93. The van der Waals surface area contributed by atoms with Crippen molar-refractivity contribution in [3.05, 3.63) is 0 Å². The lowest BCUT2D eigenvalue weighted by Gasteiger charge is -2.40. The maximum atomic E-state index is 12.2. The molecule has 1 N–H and O–H groups in total. The van der Waals surface area contributed by atoms with Gasteiger partial charge in [-0.05, 0) is 18.8 Å². The summed E-state index contributed by atoms with van der Waals surface area (Å²) in [7, 11) is -2.19. The number of nitrogens with one attached hydrogen (secondary N) is 1. The Labute approximate surface area is 118 Å². The van der Waals surface area contributed by atoms with Crippen LogP contribution in [0.3, 0.4) is 0 Å². The van der Waals surface area contributed by atoms with Crippen molar-refractivity contribution in [3.8, 4) is 0 Å². The third-order valence-corrected chi connectivity index (χ3v) is 5.81. The highest BCUT2D eigenvalue weighted by Gasteiger charge is 2.37. The molecule has 0 aromatic rings. The number of sulfonamides is 1. The zero-order valence-corrected chi connectivity index (χ0v) is 12.3. The molecule has 2 aliphatic rings. The van der Waals surface area contributed by atoms with Crippen LogP contribution in [0.4, 0.5) is 0 Å². The van der Waals surface area contributed by atoms with Gasteiger partial charge in [0.15, 0.2) is 0 Å². The Morgan fingerprint density at radius 3 is 2.90 bits per heavy atom. The number of esters is 1. The summed E-state index contributed by atoms with van der Waals surface area (Å²) in [5.41, 5.74) is 0. The Hall–Kier alpha value is -1.15. The lowest BCUT2D eigenvalue weighted by atomic mass is 9.86. The number of hydrogen-bond acceptors (Lipinski definition) is 5. The fourth-order valence-electron chi connectivity index (χ4n) is 2.77. The molecule has 2 heterocycles. The van der Waals surface area contributed by atoms with E-state index in [1.54, 1.807) is 0 Å². The number of fused-ring (bicyclic) bond motifs is 1. The minimum atomic E-state index is -3.43. The minimum absolute atomic E-state index is 0.0493. The van der Waals surface area contributed by atoms with E-state index in [0.29, 0.717) is 25.9 Å². The Bertz CT molecular complexity index is 490. The SMILES string of the molecule is COC(=O)CCS(=O)(=O)N1CCC2NC(=O)CCC2C1. The van der Waals surface area contributed by atoms with Crippen molar-refractivity contribution in [2.24, 2.45) is 5.92 Å². The number of piperidine rings is 2. The number of amides is 1. The van der Waals surface area contributed by atoms with Gasteiger partial charge in [-0.15, -0.1) is 0 Å². The van der Waals surface area contributed by atoms with E-state index in [2.05, 4.69) is 10.1 Å². The summed E-state index contributed by atoms with van der Waals surface area (Å²) in [5, 5.41) is 2.92. The highest BCUT2D eigenvalue weighted by atomic mass is 32.2. The van der Waals surface area contributed by atoms with E-state index in [-0.39, 0.29) is 30.0 Å². The molecule has 0 bridgehead atoms. The molecule has 2 rings (SSSR count). The Kier molecular flexibility index (Phi) is 4.64. The summed E-state index contributed by atoms with van der Waals surface area (Å²) in [6, 6.07) is 0.0864. The molecular weight excluding hydrogens is 284 g/mol. The number of methoxy groups -OCH3 is 1. The third kappa shape index (κ3) is 3.49. The molecule has 0 aliphatic carbocycles. The van der Waals surface area contributed by atoms with E-state index < -0.39 is 16.0 Å². The molecule has 0 spiro atoms. The molecule has 0 aromatic heterocycles. The molecule has 114 valence electrons. The normalized spacial score (nSPS) is 27.6. The molecule has 7 nitrogen and oxygen atoms in total. The van der Waals surface area contributed by atoms with E-state index in [1.807, 2.05) is 0 Å². The molecule has 2 fully saturated rings. The number of nitrogens with zero attached hydrogens (tertiary/aromatic N) is 1. The van der Waals surface area contributed by atoms with Crippen molar-refractivity contribution in [2.75, 3.05) is 26.0 Å². The van der Waals surface area contributed by atoms with Crippen LogP contribution in [0.25, 0.3) is 0 Å². The second-order valence-corrected chi connectivity index (χ2v) is 7.35. The summed E-state index contributed by atoms with van der Waals surface area (Å²) in [5.74, 6) is -0.514. The predicted octanol–water partition coefficient (Wildman–Crippen LogP) is -0.520. The van der Waals surface area contributed by atoms with Crippen molar-refractivity contribution in [1.82, 2.24) is 9.62 Å². The first-order chi connectivity index (χ1) is 9.42. The Morgan fingerprint density at radius 1 is 1.45 bits per heavy atom. The van der Waals surface area contributed by atoms with Crippen LogP contribution in [0.15, 0.2) is 0 Å². The van der Waals surface area contributed by atoms with Crippen molar-refractivity contribution in [1.29, 1.82) is 0 Å². The second-order valence-electron chi connectivity index (χ2n) is 5.26. The van der Waals surface area contributed by atoms with Crippen molar-refractivity contribution in [2.45, 2.75) is 31.7 Å². The fourth-order valence-corrected chi connectivity index (χ4v) is 4.26. The van der Waals surface area contributed by atoms with E-state index >= 15 is 0 Å². The van der Waals surface area contributed by atoms with E-state index in [4.69, 9.17) is 0 Å². The first-order valence-electron chi connectivity index (χ1n) is 6.76. The van der Waals surface area contributed by atoms with Gasteiger partial charge >= 0.3 is 5.97 Å². The van der Waals surface area contributed by atoms with Crippen LogP contribution in [0.1, 0.15) is 25.7 Å². The largest absolute Gasteiger partial charge is 0.469 e. The average molecular weight is 304 g/mol. The minimum Gasteiger partial charge on any atom is -0.469 e. The summed E-state index contributed by atoms with van der Waals surface area (Å²) in [6.07, 6.45) is 1.69. The van der Waals surface area contributed by atoms with Gasteiger partial charge in [-0.3, -0.25) is 9.59 Å². The summed E-state index contributed by atoms with van der Waals surface area (Å²) < 4.78 is 30.3. The molecule has 0 radical (unpaired) electrons. The molecule has 0 saturated carbocycles. The van der Waals surface area contributed by atoms with Crippen LogP contribution in [0.2, 0.25) is 0 Å². The van der Waals surface area contributed by atoms with Gasteiger partial charge in [-0.2, -0.15) is 0 Å². The maximum Gasteiger partial charge on any atom is 0.306 e. The van der Waals surface area contributed by atoms with Crippen LogP contribution >= 0.6 is 0 Å². The zero-order chi connectivity index (χ0) is 14.8. The summed E-state index contributed by atoms with van der Waals surface area (Å²) in [6.45, 7) is 0.819. The van der Waals surface area contributed by atoms with Crippen molar-refractivity contribution >= 4 is 21.9 Å². The van der Waals surface area contributed by atoms with Gasteiger partial charge in [0.2, 0.25) is 15.9 Å². The lowest BCUT2D eigenvalue weighted by Crippen LogP contribution is -2.55. The molecule has 2 atom stereocenters. The van der Waals surface area contributed by atoms with Crippen LogP contribution in [-0.2, 0) is 24.3 Å². The topological polar surface area (TPSA) is 92.8 Å². The fraction of sp³-hybridized carbons (Fsp3) is 0.833. The van der Waals surface area contributed by atoms with Crippen LogP contribution < -0.4 is 5.32 Å². The molecule has 0 aromatic carbocycles. The van der Waals surface area contributed by atoms with Crippen LogP contribution in [-0.4, -0.2) is 56.6 Å². The van der Waals surface area contributed by atoms with Gasteiger partial charge in [0.05, 0.1) is 19.3 Å². The summed E-state index contributed by atoms with van der Waals surface area (Å²) in [4.78, 5) is 22.4. The van der Waals surface area contributed by atoms with Crippen LogP contribution in [0.5, 0.6) is 0 Å². The molecule has 2 aliphatic heterocycles. The van der Waals surface area contributed by atoms with E-state index in [1.165, 1.54) is 11.4 Å². The van der Waals surface area contributed by atoms with E-state index in [0.717, 1.165) is 6.42 Å². The van der Waals surface area contributed by atoms with Gasteiger partial charge in [0, 0.05) is 25.6 Å². The number of hydrogen-bond donors (Lipinski definition) is 1. The first-order valence-corrected chi connectivity index (χ1v) is 8.37.